The maximum Gasteiger partial charge on any atom is 0.253 e. The van der Waals surface area contributed by atoms with Gasteiger partial charge in [0.1, 0.15) is 6.10 Å². The van der Waals surface area contributed by atoms with Crippen molar-refractivity contribution in [2.24, 2.45) is 0 Å². The third-order valence-corrected chi connectivity index (χ3v) is 2.87. The lowest BCUT2D eigenvalue weighted by Gasteiger charge is -2.12. The maximum atomic E-state index is 11.9. The minimum absolute atomic E-state index is 0.104. The fourth-order valence-corrected chi connectivity index (χ4v) is 1.66. The first kappa shape index (κ1) is 17.6. The highest BCUT2D eigenvalue weighted by Crippen LogP contribution is 2.11. The molecule has 0 spiro atoms. The van der Waals surface area contributed by atoms with Gasteiger partial charge in [-0.3, -0.25) is 14.4 Å². The number of rotatable bonds is 7. The van der Waals surface area contributed by atoms with E-state index in [4.69, 9.17) is 4.74 Å². The Kier molecular flexibility index (Phi) is 7.04. The van der Waals surface area contributed by atoms with E-state index in [9.17, 15) is 14.4 Å². The molecule has 1 unspecified atom stereocenters. The quantitative estimate of drug-likeness (QED) is 0.684. The molecule has 7 nitrogen and oxygen atoms in total. The number of hydrogen-bond donors (Lipinski definition) is 3. The highest BCUT2D eigenvalue weighted by atomic mass is 16.5. The number of carbonyl (C=O) groups excluding carboxylic acids is 3. The van der Waals surface area contributed by atoms with E-state index in [2.05, 4.69) is 16.0 Å². The number of likely N-dealkylation sites (N-methyl/N-ethyl adjacent to an activating group) is 1. The van der Waals surface area contributed by atoms with Crippen LogP contribution in [0.2, 0.25) is 0 Å². The van der Waals surface area contributed by atoms with Crippen LogP contribution in [-0.4, -0.2) is 44.0 Å². The molecule has 1 aromatic rings. The summed E-state index contributed by atoms with van der Waals surface area (Å²) < 4.78 is 5.20. The number of amides is 3. The lowest BCUT2D eigenvalue weighted by atomic mass is 10.2. The highest BCUT2D eigenvalue weighted by molar-refractivity contribution is 5.99. The number of nitrogens with one attached hydrogen (secondary N) is 3. The predicted octanol–water partition coefficient (Wildman–Crippen LogP) is 0.526. The molecule has 0 bridgehead atoms. The summed E-state index contributed by atoms with van der Waals surface area (Å²) in [5, 5.41) is 7.57. The largest absolute Gasteiger partial charge is 0.369 e. The van der Waals surface area contributed by atoms with Crippen molar-refractivity contribution in [3.8, 4) is 0 Å². The van der Waals surface area contributed by atoms with Crippen LogP contribution in [0.15, 0.2) is 24.3 Å². The summed E-state index contributed by atoms with van der Waals surface area (Å²) in [6.45, 7) is 3.80. The van der Waals surface area contributed by atoms with Crippen LogP contribution in [-0.2, 0) is 14.3 Å². The van der Waals surface area contributed by atoms with E-state index >= 15 is 0 Å². The molecule has 1 aromatic carbocycles. The van der Waals surface area contributed by atoms with Crippen LogP contribution in [0.3, 0.4) is 0 Å². The predicted molar refractivity (Wildman–Crippen MR) is 82.6 cm³/mol. The Bertz CT molecular complexity index is 545. The summed E-state index contributed by atoms with van der Waals surface area (Å²) in [6.07, 6.45) is -0.573. The van der Waals surface area contributed by atoms with Crippen LogP contribution < -0.4 is 16.0 Å². The Morgan fingerprint density at radius 2 is 2.00 bits per heavy atom. The lowest BCUT2D eigenvalue weighted by molar-refractivity contribution is -0.126. The van der Waals surface area contributed by atoms with E-state index in [0.717, 1.165) is 0 Å². The second-order valence-electron chi connectivity index (χ2n) is 4.52. The van der Waals surface area contributed by atoms with Crippen LogP contribution in [0.1, 0.15) is 24.2 Å². The molecule has 7 heteroatoms. The molecule has 3 N–H and O–H groups in total. The molecule has 0 aliphatic carbocycles. The van der Waals surface area contributed by atoms with Gasteiger partial charge in [0.2, 0.25) is 5.91 Å². The zero-order valence-electron chi connectivity index (χ0n) is 12.9. The number of hydrogen-bond acceptors (Lipinski definition) is 4. The molecule has 0 aliphatic rings. The van der Waals surface area contributed by atoms with Gasteiger partial charge in [-0.2, -0.15) is 0 Å². The van der Waals surface area contributed by atoms with Crippen molar-refractivity contribution >= 4 is 23.4 Å². The Labute approximate surface area is 129 Å². The molecule has 0 saturated heterocycles. The van der Waals surface area contributed by atoms with Crippen molar-refractivity contribution in [2.45, 2.75) is 20.0 Å². The van der Waals surface area contributed by atoms with E-state index in [1.165, 1.54) is 13.1 Å². The average molecular weight is 307 g/mol. The summed E-state index contributed by atoms with van der Waals surface area (Å²) in [6, 6.07) is 6.46. The minimum atomic E-state index is -0.573. The van der Waals surface area contributed by atoms with Crippen molar-refractivity contribution in [2.75, 3.05) is 25.5 Å². The third kappa shape index (κ3) is 5.53. The topological polar surface area (TPSA) is 96.5 Å². The van der Waals surface area contributed by atoms with Crippen LogP contribution in [0.25, 0.3) is 0 Å². The molecule has 0 aliphatic heterocycles. The van der Waals surface area contributed by atoms with Gasteiger partial charge in [-0.05, 0) is 32.0 Å². The van der Waals surface area contributed by atoms with Crippen molar-refractivity contribution in [1.29, 1.82) is 0 Å². The van der Waals surface area contributed by atoms with Crippen LogP contribution in [0, 0.1) is 0 Å². The van der Waals surface area contributed by atoms with Gasteiger partial charge in [0.05, 0.1) is 6.54 Å². The van der Waals surface area contributed by atoms with Gasteiger partial charge >= 0.3 is 0 Å². The third-order valence-electron chi connectivity index (χ3n) is 2.87. The first-order chi connectivity index (χ1) is 10.5. The normalized spacial score (nSPS) is 11.4. The number of benzene rings is 1. The molecule has 0 radical (unpaired) electrons. The molecule has 1 atom stereocenters. The highest BCUT2D eigenvalue weighted by Gasteiger charge is 2.14. The molecule has 0 heterocycles. The maximum absolute atomic E-state index is 11.9. The average Bonchev–Trinajstić information content (AvgIpc) is 2.52. The van der Waals surface area contributed by atoms with Gasteiger partial charge < -0.3 is 20.7 Å². The minimum Gasteiger partial charge on any atom is -0.369 e. The van der Waals surface area contributed by atoms with Gasteiger partial charge in [-0.15, -0.1) is 0 Å². The second kappa shape index (κ2) is 8.78. The molecule has 3 amide bonds. The van der Waals surface area contributed by atoms with E-state index < -0.39 is 12.0 Å². The first-order valence-corrected chi connectivity index (χ1v) is 6.99. The Balaban J connectivity index is 2.67. The zero-order chi connectivity index (χ0) is 16.5. The molecular weight excluding hydrogens is 286 g/mol. The molecule has 0 aromatic heterocycles. The standard InChI is InChI=1S/C15H21N3O4/c1-4-22-10(2)14(20)18-12-7-5-6-11(8-12)15(21)17-9-13(19)16-3/h5-8,10H,4,9H2,1-3H3,(H,16,19)(H,17,21)(H,18,20). The van der Waals surface area contributed by atoms with E-state index in [-0.39, 0.29) is 18.4 Å². The Morgan fingerprint density at radius 1 is 1.27 bits per heavy atom. The fraction of sp³-hybridized carbons (Fsp3) is 0.400. The first-order valence-electron chi connectivity index (χ1n) is 6.99. The van der Waals surface area contributed by atoms with Gasteiger partial charge in [-0.1, -0.05) is 6.07 Å². The molecular formula is C15H21N3O4. The summed E-state index contributed by atoms with van der Waals surface area (Å²) in [5.74, 6) is -0.967. The molecule has 120 valence electrons. The van der Waals surface area contributed by atoms with E-state index in [1.807, 2.05) is 0 Å². The van der Waals surface area contributed by atoms with Gasteiger partial charge in [0.15, 0.2) is 0 Å². The zero-order valence-corrected chi connectivity index (χ0v) is 12.9. The van der Waals surface area contributed by atoms with Gasteiger partial charge in [0.25, 0.3) is 11.8 Å². The van der Waals surface area contributed by atoms with Crippen molar-refractivity contribution in [3.63, 3.8) is 0 Å². The molecule has 22 heavy (non-hydrogen) atoms. The van der Waals surface area contributed by atoms with Crippen LogP contribution in [0.5, 0.6) is 0 Å². The van der Waals surface area contributed by atoms with Gasteiger partial charge in [0, 0.05) is 24.9 Å². The smallest absolute Gasteiger partial charge is 0.253 e. The number of anilines is 1. The van der Waals surface area contributed by atoms with Crippen LogP contribution >= 0.6 is 0 Å². The molecule has 0 fully saturated rings. The van der Waals surface area contributed by atoms with E-state index in [1.54, 1.807) is 32.0 Å². The number of ether oxygens (including phenoxy) is 1. The van der Waals surface area contributed by atoms with E-state index in [0.29, 0.717) is 17.9 Å². The van der Waals surface area contributed by atoms with Crippen molar-refractivity contribution < 1.29 is 19.1 Å². The summed E-state index contributed by atoms with van der Waals surface area (Å²) in [5.41, 5.74) is 0.843. The number of carbonyl (C=O) groups is 3. The summed E-state index contributed by atoms with van der Waals surface area (Å²) >= 11 is 0. The molecule has 0 saturated carbocycles. The summed E-state index contributed by atoms with van der Waals surface area (Å²) in [4.78, 5) is 34.9. The van der Waals surface area contributed by atoms with Gasteiger partial charge in [-0.25, -0.2) is 0 Å². The second-order valence-corrected chi connectivity index (χ2v) is 4.52. The SMILES string of the molecule is CCOC(C)C(=O)Nc1cccc(C(=O)NCC(=O)NC)c1. The van der Waals surface area contributed by atoms with Crippen molar-refractivity contribution in [3.05, 3.63) is 29.8 Å². The molecule has 1 rings (SSSR count). The Hall–Kier alpha value is -2.41. The summed E-state index contributed by atoms with van der Waals surface area (Å²) in [7, 11) is 1.49. The monoisotopic (exact) mass is 307 g/mol. The van der Waals surface area contributed by atoms with Crippen molar-refractivity contribution in [1.82, 2.24) is 10.6 Å². The fourth-order valence-electron chi connectivity index (χ4n) is 1.66. The van der Waals surface area contributed by atoms with Crippen LogP contribution in [0.4, 0.5) is 5.69 Å². The lowest BCUT2D eigenvalue weighted by Crippen LogP contribution is -2.35. The Morgan fingerprint density at radius 3 is 2.64 bits per heavy atom.